The van der Waals surface area contributed by atoms with Crippen LogP contribution >= 0.6 is 0 Å². The van der Waals surface area contributed by atoms with Crippen molar-refractivity contribution in [1.29, 1.82) is 0 Å². The van der Waals surface area contributed by atoms with E-state index in [2.05, 4.69) is 0 Å². The molecule has 0 saturated heterocycles. The highest BCUT2D eigenvalue weighted by molar-refractivity contribution is 7.89. The molecule has 7 heteroatoms. The van der Waals surface area contributed by atoms with Crippen molar-refractivity contribution in [3.05, 3.63) is 18.0 Å². The molecular formula is C14H27N3O3S. The Bertz CT molecular complexity index is 538. The lowest BCUT2D eigenvalue weighted by molar-refractivity contribution is 0.0737. The number of nitrogens with two attached hydrogens (primary N) is 1. The van der Waals surface area contributed by atoms with E-state index in [1.54, 1.807) is 19.3 Å². The first-order valence-corrected chi connectivity index (χ1v) is 8.74. The van der Waals surface area contributed by atoms with E-state index in [0.717, 1.165) is 18.7 Å². The van der Waals surface area contributed by atoms with Crippen molar-refractivity contribution >= 4 is 10.0 Å². The van der Waals surface area contributed by atoms with E-state index in [0.29, 0.717) is 24.6 Å². The molecule has 2 N–H and O–H groups in total. The molecule has 1 heterocycles. The molecular weight excluding hydrogens is 290 g/mol. The third kappa shape index (κ3) is 4.81. The van der Waals surface area contributed by atoms with Crippen LogP contribution < -0.4 is 5.73 Å². The van der Waals surface area contributed by atoms with Crippen molar-refractivity contribution in [3.8, 4) is 0 Å². The molecule has 0 fully saturated rings. The van der Waals surface area contributed by atoms with Crippen molar-refractivity contribution in [3.63, 3.8) is 0 Å². The lowest BCUT2D eigenvalue weighted by atomic mass is 10.4. The summed E-state index contributed by atoms with van der Waals surface area (Å²) in [6.45, 7) is 7.70. The van der Waals surface area contributed by atoms with Gasteiger partial charge in [-0.15, -0.1) is 0 Å². The van der Waals surface area contributed by atoms with E-state index >= 15 is 0 Å². The van der Waals surface area contributed by atoms with Crippen LogP contribution in [0.3, 0.4) is 0 Å². The first-order valence-electron chi connectivity index (χ1n) is 7.30. The number of sulfonamides is 1. The van der Waals surface area contributed by atoms with Gasteiger partial charge in [0.25, 0.3) is 0 Å². The number of nitrogens with zero attached hydrogens (tertiary/aromatic N) is 2. The largest absolute Gasteiger partial charge is 0.377 e. The van der Waals surface area contributed by atoms with Gasteiger partial charge in [0.2, 0.25) is 10.0 Å². The third-order valence-corrected chi connectivity index (χ3v) is 5.02. The second kappa shape index (κ2) is 7.93. The minimum absolute atomic E-state index is 0.0931. The standard InChI is InChI=1S/C14H27N3O3S/c1-5-6-17-11-14(9-13(17)10-15)21(18,19)16(4)7-8-20-12(2)3/h9,11-12H,5-8,10,15H2,1-4H3. The molecule has 1 aromatic heterocycles. The molecule has 0 radical (unpaired) electrons. The molecule has 1 aromatic rings. The van der Waals surface area contributed by atoms with Gasteiger partial charge in [-0.1, -0.05) is 6.92 Å². The summed E-state index contributed by atoms with van der Waals surface area (Å²) in [6, 6.07) is 1.66. The summed E-state index contributed by atoms with van der Waals surface area (Å²) in [5, 5.41) is 0. The topological polar surface area (TPSA) is 77.6 Å². The van der Waals surface area contributed by atoms with Crippen LogP contribution in [0.15, 0.2) is 17.2 Å². The molecule has 0 unspecified atom stereocenters. The van der Waals surface area contributed by atoms with Crippen molar-refractivity contribution < 1.29 is 13.2 Å². The SMILES string of the molecule is CCCn1cc(S(=O)(=O)N(C)CCOC(C)C)cc1CN. The van der Waals surface area contributed by atoms with Crippen LogP contribution in [0.4, 0.5) is 0 Å². The highest BCUT2D eigenvalue weighted by Crippen LogP contribution is 2.18. The zero-order chi connectivity index (χ0) is 16.0. The van der Waals surface area contributed by atoms with Gasteiger partial charge < -0.3 is 15.0 Å². The van der Waals surface area contributed by atoms with Gasteiger partial charge in [0.15, 0.2) is 0 Å². The number of hydrogen-bond donors (Lipinski definition) is 1. The molecule has 0 aliphatic heterocycles. The van der Waals surface area contributed by atoms with E-state index in [4.69, 9.17) is 10.5 Å². The molecule has 0 atom stereocenters. The highest BCUT2D eigenvalue weighted by Gasteiger charge is 2.23. The van der Waals surface area contributed by atoms with Gasteiger partial charge in [0.1, 0.15) is 4.90 Å². The van der Waals surface area contributed by atoms with Gasteiger partial charge in [-0.05, 0) is 26.3 Å². The Morgan fingerprint density at radius 3 is 2.62 bits per heavy atom. The number of aryl methyl sites for hydroxylation is 1. The maximum Gasteiger partial charge on any atom is 0.244 e. The fourth-order valence-corrected chi connectivity index (χ4v) is 3.22. The quantitative estimate of drug-likeness (QED) is 0.747. The fraction of sp³-hybridized carbons (Fsp3) is 0.714. The highest BCUT2D eigenvalue weighted by atomic mass is 32.2. The van der Waals surface area contributed by atoms with E-state index in [1.165, 1.54) is 4.31 Å². The normalized spacial score (nSPS) is 12.5. The van der Waals surface area contributed by atoms with Crippen molar-refractivity contribution in [2.75, 3.05) is 20.2 Å². The average molecular weight is 317 g/mol. The molecule has 1 rings (SSSR count). The summed E-state index contributed by atoms with van der Waals surface area (Å²) in [6.07, 6.45) is 2.69. The zero-order valence-corrected chi connectivity index (χ0v) is 14.2. The lowest BCUT2D eigenvalue weighted by Crippen LogP contribution is -2.30. The van der Waals surface area contributed by atoms with Gasteiger partial charge in [-0.25, -0.2) is 8.42 Å². The Balaban J connectivity index is 2.86. The number of ether oxygens (including phenoxy) is 1. The monoisotopic (exact) mass is 317 g/mol. The number of rotatable bonds is 9. The zero-order valence-electron chi connectivity index (χ0n) is 13.4. The Kier molecular flexibility index (Phi) is 6.86. The summed E-state index contributed by atoms with van der Waals surface area (Å²) in [5.41, 5.74) is 6.51. The smallest absolute Gasteiger partial charge is 0.244 e. The first-order chi connectivity index (χ1) is 9.82. The van der Waals surface area contributed by atoms with Crippen LogP contribution in [0.1, 0.15) is 32.9 Å². The van der Waals surface area contributed by atoms with E-state index in [9.17, 15) is 8.42 Å². The number of aromatic nitrogens is 1. The maximum absolute atomic E-state index is 12.5. The molecule has 0 bridgehead atoms. The molecule has 122 valence electrons. The fourth-order valence-electron chi connectivity index (χ4n) is 2.00. The lowest BCUT2D eigenvalue weighted by Gasteiger charge is -2.17. The van der Waals surface area contributed by atoms with Crippen LogP contribution in [-0.4, -0.2) is 43.6 Å². The van der Waals surface area contributed by atoms with Crippen LogP contribution in [0.5, 0.6) is 0 Å². The molecule has 21 heavy (non-hydrogen) atoms. The molecule has 0 amide bonds. The van der Waals surface area contributed by atoms with Crippen molar-refractivity contribution in [1.82, 2.24) is 8.87 Å². The summed E-state index contributed by atoms with van der Waals surface area (Å²) in [7, 11) is -1.92. The Labute approximate surface area is 127 Å². The molecule has 0 spiro atoms. The second-order valence-corrected chi connectivity index (χ2v) is 7.36. The van der Waals surface area contributed by atoms with E-state index in [1.807, 2.05) is 25.3 Å². The summed E-state index contributed by atoms with van der Waals surface area (Å²) in [5.74, 6) is 0. The third-order valence-electron chi connectivity index (χ3n) is 3.20. The second-order valence-electron chi connectivity index (χ2n) is 5.31. The van der Waals surface area contributed by atoms with Crippen molar-refractivity contribution in [2.24, 2.45) is 5.73 Å². The summed E-state index contributed by atoms with van der Waals surface area (Å²) >= 11 is 0. The van der Waals surface area contributed by atoms with Gasteiger partial charge in [-0.2, -0.15) is 4.31 Å². The minimum atomic E-state index is -3.49. The maximum atomic E-state index is 12.5. The van der Waals surface area contributed by atoms with Crippen LogP contribution in [-0.2, 0) is 27.8 Å². The molecule has 0 aromatic carbocycles. The number of hydrogen-bond acceptors (Lipinski definition) is 4. The van der Waals surface area contributed by atoms with Crippen molar-refractivity contribution in [2.45, 2.75) is 51.3 Å². The first kappa shape index (κ1) is 18.2. The van der Waals surface area contributed by atoms with Crippen LogP contribution in [0.2, 0.25) is 0 Å². The molecule has 0 aliphatic rings. The Morgan fingerprint density at radius 1 is 1.43 bits per heavy atom. The molecule has 0 aliphatic carbocycles. The van der Waals surface area contributed by atoms with Gasteiger partial charge in [0, 0.05) is 38.6 Å². The Hall–Kier alpha value is -0.890. The molecule has 6 nitrogen and oxygen atoms in total. The number of likely N-dealkylation sites (N-methyl/N-ethyl adjacent to an activating group) is 1. The van der Waals surface area contributed by atoms with Gasteiger partial charge >= 0.3 is 0 Å². The molecule has 0 saturated carbocycles. The van der Waals surface area contributed by atoms with Crippen LogP contribution in [0.25, 0.3) is 0 Å². The Morgan fingerprint density at radius 2 is 2.10 bits per heavy atom. The van der Waals surface area contributed by atoms with Gasteiger partial charge in [0.05, 0.1) is 12.7 Å². The van der Waals surface area contributed by atoms with E-state index in [-0.39, 0.29) is 6.10 Å². The van der Waals surface area contributed by atoms with Crippen LogP contribution in [0, 0.1) is 0 Å². The predicted octanol–water partition coefficient (Wildman–Crippen LogP) is 1.40. The minimum Gasteiger partial charge on any atom is -0.377 e. The summed E-state index contributed by atoms with van der Waals surface area (Å²) in [4.78, 5) is 0.295. The van der Waals surface area contributed by atoms with E-state index < -0.39 is 10.0 Å². The predicted molar refractivity (Wildman–Crippen MR) is 83.5 cm³/mol. The summed E-state index contributed by atoms with van der Waals surface area (Å²) < 4.78 is 33.6. The van der Waals surface area contributed by atoms with Gasteiger partial charge in [-0.3, -0.25) is 0 Å². The average Bonchev–Trinajstić information content (AvgIpc) is 2.82.